The van der Waals surface area contributed by atoms with Crippen LogP contribution in [0.2, 0.25) is 0 Å². The van der Waals surface area contributed by atoms with Crippen LogP contribution in [-0.2, 0) is 11.3 Å². The van der Waals surface area contributed by atoms with Crippen LogP contribution in [0.25, 0.3) is 11.5 Å². The van der Waals surface area contributed by atoms with Gasteiger partial charge in [-0.2, -0.15) is 0 Å². The van der Waals surface area contributed by atoms with E-state index in [2.05, 4.69) is 42.3 Å². The summed E-state index contributed by atoms with van der Waals surface area (Å²) in [4.78, 5) is 17.6. The average Bonchev–Trinajstić information content (AvgIpc) is 3.25. The molecule has 0 aliphatic rings. The molecule has 0 radical (unpaired) electrons. The van der Waals surface area contributed by atoms with E-state index in [-0.39, 0.29) is 5.91 Å². The van der Waals surface area contributed by atoms with Gasteiger partial charge in [-0.3, -0.25) is 4.79 Å². The number of aryl methyl sites for hydroxylation is 3. The van der Waals surface area contributed by atoms with Crippen LogP contribution in [-0.4, -0.2) is 16.6 Å². The molecule has 1 amide bonds. The fraction of sp³-hybridized carbons (Fsp3) is 0.300. The predicted octanol–water partition coefficient (Wildman–Crippen LogP) is 5.13. The minimum Gasteiger partial charge on any atom is -0.458 e. The van der Waals surface area contributed by atoms with Crippen molar-refractivity contribution in [3.8, 4) is 11.5 Å². The predicted molar refractivity (Wildman–Crippen MR) is 108 cm³/mol. The summed E-state index contributed by atoms with van der Waals surface area (Å²) in [5.74, 6) is 2.27. The molecule has 0 saturated carbocycles. The molecule has 0 bridgehead atoms. The minimum atomic E-state index is 0.0313. The second-order valence-corrected chi connectivity index (χ2v) is 8.37. The number of benzene rings is 1. The number of thiazole rings is 1. The van der Waals surface area contributed by atoms with Gasteiger partial charge >= 0.3 is 0 Å². The summed E-state index contributed by atoms with van der Waals surface area (Å²) < 4.78 is 5.76. The smallest absolute Gasteiger partial charge is 0.221 e. The molecular formula is C20H22N2O2S2. The van der Waals surface area contributed by atoms with E-state index in [4.69, 9.17) is 4.42 Å². The molecule has 136 valence electrons. The number of carbonyl (C=O) groups is 1. The molecule has 1 N–H and O–H groups in total. The first kappa shape index (κ1) is 18.7. The van der Waals surface area contributed by atoms with E-state index < -0.39 is 0 Å². The number of aromatic nitrogens is 1. The summed E-state index contributed by atoms with van der Waals surface area (Å²) in [5.41, 5.74) is 3.41. The van der Waals surface area contributed by atoms with Crippen molar-refractivity contribution in [2.24, 2.45) is 0 Å². The Morgan fingerprint density at radius 3 is 2.77 bits per heavy atom. The Bertz CT molecular complexity index is 899. The molecular weight excluding hydrogens is 364 g/mol. The molecule has 2 heterocycles. The quantitative estimate of drug-likeness (QED) is 0.572. The number of rotatable bonds is 7. The fourth-order valence-corrected chi connectivity index (χ4v) is 3.98. The van der Waals surface area contributed by atoms with Gasteiger partial charge in [0.2, 0.25) is 5.91 Å². The van der Waals surface area contributed by atoms with E-state index in [1.54, 1.807) is 23.1 Å². The van der Waals surface area contributed by atoms with E-state index in [0.29, 0.717) is 13.0 Å². The van der Waals surface area contributed by atoms with Crippen LogP contribution in [0.4, 0.5) is 0 Å². The van der Waals surface area contributed by atoms with Gasteiger partial charge in [-0.25, -0.2) is 4.98 Å². The zero-order valence-electron chi connectivity index (χ0n) is 15.2. The summed E-state index contributed by atoms with van der Waals surface area (Å²) in [6.45, 7) is 6.58. The van der Waals surface area contributed by atoms with Gasteiger partial charge in [0.1, 0.15) is 11.5 Å². The highest BCUT2D eigenvalue weighted by Gasteiger charge is 2.09. The molecule has 0 saturated heterocycles. The molecule has 0 fully saturated rings. The lowest BCUT2D eigenvalue weighted by Crippen LogP contribution is -2.22. The molecule has 3 rings (SSSR count). The summed E-state index contributed by atoms with van der Waals surface area (Å²) in [6, 6.07) is 10.2. The van der Waals surface area contributed by atoms with Gasteiger partial charge in [0, 0.05) is 22.4 Å². The van der Waals surface area contributed by atoms with Crippen LogP contribution in [0.5, 0.6) is 0 Å². The molecule has 0 atom stereocenters. The number of thioether (sulfide) groups is 1. The molecule has 0 unspecified atom stereocenters. The van der Waals surface area contributed by atoms with Gasteiger partial charge in [0.05, 0.1) is 11.6 Å². The maximum absolute atomic E-state index is 12.0. The third-order valence-corrected chi connectivity index (χ3v) is 5.84. The van der Waals surface area contributed by atoms with E-state index in [1.807, 2.05) is 24.4 Å². The molecule has 2 aromatic heterocycles. The molecule has 4 nitrogen and oxygen atoms in total. The molecule has 1 aromatic carbocycles. The van der Waals surface area contributed by atoms with Crippen LogP contribution in [0.15, 0.2) is 45.0 Å². The maximum Gasteiger partial charge on any atom is 0.221 e. The zero-order chi connectivity index (χ0) is 18.5. The lowest BCUT2D eigenvalue weighted by Gasteiger charge is -2.06. The highest BCUT2D eigenvalue weighted by Crippen LogP contribution is 2.24. The van der Waals surface area contributed by atoms with Crippen LogP contribution in [0.1, 0.15) is 28.3 Å². The Balaban J connectivity index is 1.43. The summed E-state index contributed by atoms with van der Waals surface area (Å²) in [7, 11) is 0. The van der Waals surface area contributed by atoms with Crippen molar-refractivity contribution in [2.45, 2.75) is 38.6 Å². The second kappa shape index (κ2) is 8.56. The van der Waals surface area contributed by atoms with Crippen molar-refractivity contribution >= 4 is 29.0 Å². The van der Waals surface area contributed by atoms with Crippen molar-refractivity contribution in [1.29, 1.82) is 0 Å². The van der Waals surface area contributed by atoms with Crippen molar-refractivity contribution in [2.75, 3.05) is 5.75 Å². The standard InChI is InChI=1S/C20H22N2O2S2/c1-13-4-6-17(10-14(13)2)25-9-8-20(23)21-11-16-5-7-19(24-16)18-12-26-15(3)22-18/h4-7,10,12H,8-9,11H2,1-3H3,(H,21,23). The normalized spacial score (nSPS) is 10.9. The van der Waals surface area contributed by atoms with Gasteiger partial charge in [-0.1, -0.05) is 6.07 Å². The van der Waals surface area contributed by atoms with E-state index in [9.17, 15) is 4.79 Å². The molecule has 0 aliphatic carbocycles. The van der Waals surface area contributed by atoms with Crippen molar-refractivity contribution < 1.29 is 9.21 Å². The van der Waals surface area contributed by atoms with E-state index >= 15 is 0 Å². The lowest BCUT2D eigenvalue weighted by molar-refractivity contribution is -0.120. The summed E-state index contributed by atoms with van der Waals surface area (Å²) in [6.07, 6.45) is 0.483. The first-order chi connectivity index (χ1) is 12.5. The SMILES string of the molecule is Cc1nc(-c2ccc(CNC(=O)CCSc3ccc(C)c(C)c3)o2)cs1. The Morgan fingerprint density at radius 1 is 1.19 bits per heavy atom. The second-order valence-electron chi connectivity index (χ2n) is 6.14. The molecule has 0 spiro atoms. The van der Waals surface area contributed by atoms with Crippen LogP contribution >= 0.6 is 23.1 Å². The van der Waals surface area contributed by atoms with Gasteiger partial charge in [0.15, 0.2) is 5.76 Å². The number of furan rings is 1. The molecule has 3 aromatic rings. The summed E-state index contributed by atoms with van der Waals surface area (Å²) in [5, 5.41) is 5.89. The third kappa shape index (κ3) is 4.99. The highest BCUT2D eigenvalue weighted by molar-refractivity contribution is 7.99. The van der Waals surface area contributed by atoms with E-state index in [0.717, 1.165) is 28.0 Å². The van der Waals surface area contributed by atoms with Crippen molar-refractivity contribution in [1.82, 2.24) is 10.3 Å². The van der Waals surface area contributed by atoms with Crippen molar-refractivity contribution in [3.05, 3.63) is 57.6 Å². The largest absolute Gasteiger partial charge is 0.458 e. The average molecular weight is 387 g/mol. The Kier molecular flexibility index (Phi) is 6.16. The first-order valence-corrected chi connectivity index (χ1v) is 10.4. The molecule has 0 aliphatic heterocycles. The van der Waals surface area contributed by atoms with Gasteiger partial charge in [-0.15, -0.1) is 23.1 Å². The van der Waals surface area contributed by atoms with Gasteiger partial charge < -0.3 is 9.73 Å². The topological polar surface area (TPSA) is 55.1 Å². The number of hydrogen-bond donors (Lipinski definition) is 1. The Labute approximate surface area is 162 Å². The molecule has 26 heavy (non-hydrogen) atoms. The highest BCUT2D eigenvalue weighted by atomic mass is 32.2. The Hall–Kier alpha value is -2.05. The van der Waals surface area contributed by atoms with Crippen LogP contribution in [0, 0.1) is 20.8 Å². The lowest BCUT2D eigenvalue weighted by atomic mass is 10.1. The van der Waals surface area contributed by atoms with Crippen molar-refractivity contribution in [3.63, 3.8) is 0 Å². The third-order valence-electron chi connectivity index (χ3n) is 4.07. The van der Waals surface area contributed by atoms with E-state index in [1.165, 1.54) is 16.0 Å². The zero-order valence-corrected chi connectivity index (χ0v) is 16.8. The minimum absolute atomic E-state index is 0.0313. The number of carbonyl (C=O) groups excluding carboxylic acids is 1. The van der Waals surface area contributed by atoms with Crippen LogP contribution < -0.4 is 5.32 Å². The number of hydrogen-bond acceptors (Lipinski definition) is 5. The fourth-order valence-electron chi connectivity index (χ4n) is 2.43. The first-order valence-electron chi connectivity index (χ1n) is 8.49. The monoisotopic (exact) mass is 386 g/mol. The number of nitrogens with zero attached hydrogens (tertiary/aromatic N) is 1. The van der Waals surface area contributed by atoms with Gasteiger partial charge in [-0.05, 0) is 56.2 Å². The van der Waals surface area contributed by atoms with Gasteiger partial charge in [0.25, 0.3) is 0 Å². The number of nitrogens with one attached hydrogen (secondary N) is 1. The number of amides is 1. The summed E-state index contributed by atoms with van der Waals surface area (Å²) >= 11 is 3.30. The molecule has 6 heteroatoms. The van der Waals surface area contributed by atoms with Crippen LogP contribution in [0.3, 0.4) is 0 Å². The Morgan fingerprint density at radius 2 is 2.04 bits per heavy atom. The maximum atomic E-state index is 12.0.